The number of nitrogens with one attached hydrogen (secondary N) is 1. The summed E-state index contributed by atoms with van der Waals surface area (Å²) in [6, 6.07) is 26.8. The summed E-state index contributed by atoms with van der Waals surface area (Å²) in [6.07, 6.45) is 0.261. The van der Waals surface area contributed by atoms with Gasteiger partial charge in [0.05, 0.1) is 0 Å². The van der Waals surface area contributed by atoms with E-state index in [9.17, 15) is 9.59 Å². The van der Waals surface area contributed by atoms with Crippen molar-refractivity contribution < 1.29 is 23.7 Å². The monoisotopic (exact) mass is 624 g/mol. The van der Waals surface area contributed by atoms with Gasteiger partial charge in [0.25, 0.3) is 0 Å². The van der Waals surface area contributed by atoms with Crippen LogP contribution in [-0.2, 0) is 27.4 Å². The zero-order valence-corrected chi connectivity index (χ0v) is 24.5. The molecule has 2 heterocycles. The van der Waals surface area contributed by atoms with Crippen molar-refractivity contribution in [3.8, 4) is 11.5 Å². The van der Waals surface area contributed by atoms with E-state index in [0.717, 1.165) is 22.6 Å². The molecular formula is C31H32N2O7Se. The van der Waals surface area contributed by atoms with Crippen LogP contribution >= 0.6 is 0 Å². The van der Waals surface area contributed by atoms with Crippen LogP contribution in [0.2, 0.25) is 4.82 Å². The van der Waals surface area contributed by atoms with Crippen molar-refractivity contribution in [1.29, 1.82) is 0 Å². The first-order valence-electron chi connectivity index (χ1n) is 13.2. The molecule has 5 rings (SSSR count). The fourth-order valence-corrected chi connectivity index (χ4v) is 7.19. The van der Waals surface area contributed by atoms with Gasteiger partial charge in [0.1, 0.15) is 0 Å². The number of aromatic amines is 1. The number of rotatable bonds is 11. The van der Waals surface area contributed by atoms with Crippen LogP contribution in [0.4, 0.5) is 0 Å². The van der Waals surface area contributed by atoms with Gasteiger partial charge in [-0.3, -0.25) is 0 Å². The quantitative estimate of drug-likeness (QED) is 0.256. The third kappa shape index (κ3) is 7.55. The number of hydrogen-bond donors (Lipinski definition) is 1. The van der Waals surface area contributed by atoms with E-state index in [-0.39, 0.29) is 26.4 Å². The van der Waals surface area contributed by atoms with Crippen LogP contribution in [-0.4, -0.2) is 51.1 Å². The van der Waals surface area contributed by atoms with Crippen molar-refractivity contribution >= 4 is 19.4 Å². The van der Waals surface area contributed by atoms with E-state index in [0.29, 0.717) is 13.0 Å². The fourth-order valence-electron chi connectivity index (χ4n) is 4.54. The number of H-pyrrole nitrogens is 1. The second-order valence-corrected chi connectivity index (χ2v) is 12.2. The molecule has 41 heavy (non-hydrogen) atoms. The van der Waals surface area contributed by atoms with Crippen molar-refractivity contribution in [3.05, 3.63) is 123 Å². The number of benzene rings is 3. The van der Waals surface area contributed by atoms with Crippen molar-refractivity contribution in [2.45, 2.75) is 43.1 Å². The average Bonchev–Trinajstić information content (AvgIpc) is 3.00. The third-order valence-electron chi connectivity index (χ3n) is 6.71. The molecule has 10 heteroatoms. The Balaban J connectivity index is 1.41. The Morgan fingerprint density at radius 2 is 1.44 bits per heavy atom. The zero-order valence-electron chi connectivity index (χ0n) is 22.8. The molecule has 0 aliphatic carbocycles. The SMILES string of the molecule is COc1ccc(CO[C@H]2O[C@@H](n3ccc(=O)[nH]c3=O)C([Se]c3ccccc3)C[C@@H]2OCc2ccc(OC)cc2)cc1. The van der Waals surface area contributed by atoms with E-state index in [1.165, 1.54) is 21.3 Å². The molecule has 1 aliphatic heterocycles. The Labute approximate surface area is 244 Å². The molecule has 1 N–H and O–H groups in total. The van der Waals surface area contributed by atoms with Gasteiger partial charge in [-0.2, -0.15) is 0 Å². The Hall–Kier alpha value is -3.66. The summed E-state index contributed by atoms with van der Waals surface area (Å²) in [5, 5.41) is 0. The molecule has 4 aromatic rings. The number of nitrogens with zero attached hydrogens (tertiary/aromatic N) is 1. The van der Waals surface area contributed by atoms with E-state index in [2.05, 4.69) is 17.1 Å². The Kier molecular flexibility index (Phi) is 9.71. The van der Waals surface area contributed by atoms with Crippen molar-refractivity contribution in [2.75, 3.05) is 14.2 Å². The minimum atomic E-state index is -0.762. The molecule has 1 fully saturated rings. The maximum absolute atomic E-state index is 12.9. The molecule has 1 unspecified atom stereocenters. The van der Waals surface area contributed by atoms with Gasteiger partial charge in [-0.15, -0.1) is 0 Å². The molecule has 0 radical (unpaired) electrons. The molecule has 0 bridgehead atoms. The molecule has 0 saturated carbocycles. The van der Waals surface area contributed by atoms with Crippen molar-refractivity contribution in [2.24, 2.45) is 0 Å². The second-order valence-electron chi connectivity index (χ2n) is 9.47. The van der Waals surface area contributed by atoms with E-state index < -0.39 is 29.9 Å². The van der Waals surface area contributed by atoms with Gasteiger partial charge in [-0.25, -0.2) is 0 Å². The molecule has 214 valence electrons. The average molecular weight is 624 g/mol. The molecule has 9 nitrogen and oxygen atoms in total. The van der Waals surface area contributed by atoms with Crippen molar-refractivity contribution in [1.82, 2.24) is 9.55 Å². The maximum atomic E-state index is 12.9. The van der Waals surface area contributed by atoms with Gasteiger partial charge in [0, 0.05) is 0 Å². The van der Waals surface area contributed by atoms with Crippen molar-refractivity contribution in [3.63, 3.8) is 0 Å². The second kappa shape index (κ2) is 13.8. The normalized spacial score (nSPS) is 20.4. The van der Waals surface area contributed by atoms with Gasteiger partial charge >= 0.3 is 245 Å². The van der Waals surface area contributed by atoms with E-state index in [4.69, 9.17) is 23.7 Å². The fraction of sp³-hybridized carbons (Fsp3) is 0.290. The summed E-state index contributed by atoms with van der Waals surface area (Å²) in [6.45, 7) is 0.632. The van der Waals surface area contributed by atoms with Gasteiger partial charge in [0.2, 0.25) is 0 Å². The zero-order chi connectivity index (χ0) is 28.6. The Morgan fingerprint density at radius 3 is 2.02 bits per heavy atom. The predicted octanol–water partition coefficient (Wildman–Crippen LogP) is 3.42. The molecule has 4 atom stereocenters. The number of ether oxygens (including phenoxy) is 5. The summed E-state index contributed by atoms with van der Waals surface area (Å²) in [7, 11) is 3.26. The first-order chi connectivity index (χ1) is 20.0. The van der Waals surface area contributed by atoms with Crippen LogP contribution in [0.3, 0.4) is 0 Å². The first kappa shape index (κ1) is 28.9. The molecule has 1 aromatic heterocycles. The Bertz CT molecular complexity index is 1510. The summed E-state index contributed by atoms with van der Waals surface area (Å²) in [5.41, 5.74) is 0.948. The summed E-state index contributed by atoms with van der Waals surface area (Å²) in [4.78, 5) is 27.0. The van der Waals surface area contributed by atoms with Crippen LogP contribution in [0.25, 0.3) is 0 Å². The topological polar surface area (TPSA) is 101 Å². The molecular weight excluding hydrogens is 591 g/mol. The first-order valence-corrected chi connectivity index (χ1v) is 15.0. The summed E-state index contributed by atoms with van der Waals surface area (Å²) < 4.78 is 32.4. The Morgan fingerprint density at radius 1 is 0.829 bits per heavy atom. The number of hydrogen-bond acceptors (Lipinski definition) is 7. The van der Waals surface area contributed by atoms with Crippen LogP contribution in [0.15, 0.2) is 101 Å². The molecule has 1 aliphatic rings. The standard InChI is InChI=1S/C31H32N2O7Se/c1-36-23-12-8-21(9-13-23)19-38-26-18-27(41-25-6-4-3-5-7-25)29(33-17-16-28(34)32-31(33)35)40-30(26)39-20-22-10-14-24(37-2)15-11-22/h3-17,26-27,29-30H,18-20H2,1-2H3,(H,32,34,35)/t26-,27?,29+,30-/m0/s1. The molecule has 3 aromatic carbocycles. The van der Waals surface area contributed by atoms with Gasteiger partial charge in [0.15, 0.2) is 0 Å². The predicted molar refractivity (Wildman–Crippen MR) is 155 cm³/mol. The number of aromatic nitrogens is 2. The summed E-state index contributed by atoms with van der Waals surface area (Å²) >= 11 is -0.0653. The van der Waals surface area contributed by atoms with E-state index >= 15 is 0 Å². The van der Waals surface area contributed by atoms with E-state index in [1.807, 2.05) is 66.7 Å². The van der Waals surface area contributed by atoms with Crippen LogP contribution in [0, 0.1) is 0 Å². The summed E-state index contributed by atoms with van der Waals surface area (Å²) in [5.74, 6) is 1.53. The number of methoxy groups -OCH3 is 2. The van der Waals surface area contributed by atoms with Crippen LogP contribution in [0.1, 0.15) is 23.8 Å². The molecule has 0 spiro atoms. The molecule has 1 saturated heterocycles. The van der Waals surface area contributed by atoms with Crippen LogP contribution in [0.5, 0.6) is 11.5 Å². The van der Waals surface area contributed by atoms with Gasteiger partial charge in [-0.05, 0) is 0 Å². The van der Waals surface area contributed by atoms with E-state index in [1.54, 1.807) is 14.2 Å². The van der Waals surface area contributed by atoms with Gasteiger partial charge in [-0.1, -0.05) is 0 Å². The third-order valence-corrected chi connectivity index (χ3v) is 9.38. The van der Waals surface area contributed by atoms with Gasteiger partial charge < -0.3 is 0 Å². The van der Waals surface area contributed by atoms with Crippen LogP contribution < -0.4 is 25.2 Å². The minimum absolute atomic E-state index is 0.0653. The molecule has 0 amide bonds.